The van der Waals surface area contributed by atoms with Crippen molar-refractivity contribution < 1.29 is 10.2 Å². The Balaban J connectivity index is 1.38. The quantitative estimate of drug-likeness (QED) is 0.310. The number of aromatic nitrogens is 3. The molecular formula is C28H32N4O2S. The van der Waals surface area contributed by atoms with Gasteiger partial charge in [0, 0.05) is 25.5 Å². The van der Waals surface area contributed by atoms with Crippen molar-refractivity contribution in [2.45, 2.75) is 63.5 Å². The summed E-state index contributed by atoms with van der Waals surface area (Å²) in [5, 5.41) is 23.6. The van der Waals surface area contributed by atoms with Gasteiger partial charge >= 0.3 is 0 Å². The largest absolute Gasteiger partial charge is 0.396 e. The van der Waals surface area contributed by atoms with Crippen LogP contribution in [0.25, 0.3) is 10.2 Å². The highest BCUT2D eigenvalue weighted by Gasteiger charge is 2.20. The van der Waals surface area contributed by atoms with E-state index in [4.69, 9.17) is 20.1 Å². The molecule has 2 aromatic heterocycles. The monoisotopic (exact) mass is 488 g/mol. The van der Waals surface area contributed by atoms with Crippen LogP contribution in [0.4, 0.5) is 5.95 Å². The Labute approximate surface area is 210 Å². The molecular weight excluding hydrogens is 456 g/mol. The number of aryl methyl sites for hydroxylation is 1. The average Bonchev–Trinajstić information content (AvgIpc) is 3.26. The maximum atomic E-state index is 9.85. The van der Waals surface area contributed by atoms with Crippen molar-refractivity contribution in [3.63, 3.8) is 0 Å². The van der Waals surface area contributed by atoms with Gasteiger partial charge in [0.05, 0.1) is 32.7 Å². The summed E-state index contributed by atoms with van der Waals surface area (Å²) in [5.74, 6) is 0.669. The Bertz CT molecular complexity index is 1250. The maximum Gasteiger partial charge on any atom is 0.223 e. The molecule has 3 N–H and O–H groups in total. The Kier molecular flexibility index (Phi) is 7.66. The molecule has 1 saturated carbocycles. The van der Waals surface area contributed by atoms with Gasteiger partial charge in [0.25, 0.3) is 0 Å². The van der Waals surface area contributed by atoms with Crippen LogP contribution < -0.4 is 5.32 Å². The van der Waals surface area contributed by atoms with Gasteiger partial charge in [0.1, 0.15) is 0 Å². The highest BCUT2D eigenvalue weighted by molar-refractivity contribution is 7.18. The van der Waals surface area contributed by atoms with E-state index in [1.54, 1.807) is 11.3 Å². The molecule has 6 nitrogen and oxygen atoms in total. The van der Waals surface area contributed by atoms with E-state index in [9.17, 15) is 5.11 Å². The van der Waals surface area contributed by atoms with Crippen LogP contribution in [0.3, 0.4) is 0 Å². The van der Waals surface area contributed by atoms with Gasteiger partial charge < -0.3 is 15.5 Å². The molecule has 0 aliphatic heterocycles. The standard InChI is InChI=1S/C28H32N4O2S/c33-14-4-7-20-8-13-25-26(16-20)35-27(32-25)18-23-17-22(15-19-5-2-1-3-6-19)30-28(31-23)29-21-9-11-24(34)12-10-21/h1-3,5-6,8,13,16-17,21,24,33-34H,4,7,9-12,14-15,18H2,(H,29,30,31). The number of fused-ring (bicyclic) bond motifs is 1. The summed E-state index contributed by atoms with van der Waals surface area (Å²) in [6, 6.07) is 19.2. The highest BCUT2D eigenvalue weighted by atomic mass is 32.1. The van der Waals surface area contributed by atoms with E-state index < -0.39 is 0 Å². The second-order valence-electron chi connectivity index (χ2n) is 9.40. The number of nitrogens with zero attached hydrogens (tertiary/aromatic N) is 3. The van der Waals surface area contributed by atoms with Gasteiger partial charge in [-0.3, -0.25) is 0 Å². The summed E-state index contributed by atoms with van der Waals surface area (Å²) in [7, 11) is 0. The summed E-state index contributed by atoms with van der Waals surface area (Å²) in [5.41, 5.74) is 5.42. The van der Waals surface area contributed by atoms with Crippen LogP contribution in [-0.4, -0.2) is 43.9 Å². The van der Waals surface area contributed by atoms with Crippen molar-refractivity contribution in [1.29, 1.82) is 0 Å². The molecule has 0 atom stereocenters. The summed E-state index contributed by atoms with van der Waals surface area (Å²) in [6.45, 7) is 0.211. The predicted molar refractivity (Wildman–Crippen MR) is 141 cm³/mol. The lowest BCUT2D eigenvalue weighted by Gasteiger charge is -2.26. The molecule has 5 rings (SSSR count). The zero-order valence-electron chi connectivity index (χ0n) is 19.9. The van der Waals surface area contributed by atoms with Crippen LogP contribution >= 0.6 is 11.3 Å². The second kappa shape index (κ2) is 11.2. The highest BCUT2D eigenvalue weighted by Crippen LogP contribution is 2.26. The van der Waals surface area contributed by atoms with E-state index in [1.807, 2.05) is 6.07 Å². The smallest absolute Gasteiger partial charge is 0.223 e. The summed E-state index contributed by atoms with van der Waals surface area (Å²) in [4.78, 5) is 14.6. The zero-order valence-corrected chi connectivity index (χ0v) is 20.7. The fraction of sp³-hybridized carbons (Fsp3) is 0.393. The van der Waals surface area contributed by atoms with Gasteiger partial charge in [-0.1, -0.05) is 36.4 Å². The van der Waals surface area contributed by atoms with Crippen LogP contribution in [0.2, 0.25) is 0 Å². The molecule has 182 valence electrons. The SMILES string of the molecule is OCCCc1ccc2nc(Cc3cc(Cc4ccccc4)nc(NC4CCC(O)CC4)n3)sc2c1. The third-order valence-corrected chi connectivity index (χ3v) is 7.56. The Morgan fingerprint density at radius 1 is 0.857 bits per heavy atom. The number of benzene rings is 2. The van der Waals surface area contributed by atoms with Gasteiger partial charge in [-0.2, -0.15) is 0 Å². The van der Waals surface area contributed by atoms with Gasteiger partial charge in [0.2, 0.25) is 5.95 Å². The van der Waals surface area contributed by atoms with Gasteiger partial charge in [-0.05, 0) is 67.9 Å². The number of aliphatic hydroxyl groups is 2. The van der Waals surface area contributed by atoms with Crippen LogP contribution in [0.15, 0.2) is 54.6 Å². The normalized spacial score (nSPS) is 18.1. The van der Waals surface area contributed by atoms with Crippen LogP contribution in [0.5, 0.6) is 0 Å². The van der Waals surface area contributed by atoms with E-state index >= 15 is 0 Å². The van der Waals surface area contributed by atoms with E-state index in [0.29, 0.717) is 12.4 Å². The molecule has 1 aliphatic rings. The first-order valence-electron chi connectivity index (χ1n) is 12.5. The lowest BCUT2D eigenvalue weighted by Crippen LogP contribution is -2.29. The molecule has 7 heteroatoms. The van der Waals surface area contributed by atoms with E-state index in [2.05, 4.69) is 53.8 Å². The van der Waals surface area contributed by atoms with Crippen LogP contribution in [-0.2, 0) is 19.3 Å². The molecule has 0 bridgehead atoms. The van der Waals surface area contributed by atoms with E-state index in [0.717, 1.165) is 66.9 Å². The minimum absolute atomic E-state index is 0.183. The van der Waals surface area contributed by atoms with E-state index in [-0.39, 0.29) is 18.8 Å². The first-order chi connectivity index (χ1) is 17.1. The van der Waals surface area contributed by atoms with Crippen molar-refractivity contribution >= 4 is 27.5 Å². The number of hydrogen-bond acceptors (Lipinski definition) is 7. The summed E-state index contributed by atoms with van der Waals surface area (Å²) >= 11 is 1.71. The molecule has 35 heavy (non-hydrogen) atoms. The van der Waals surface area contributed by atoms with Crippen molar-refractivity contribution in [3.8, 4) is 0 Å². The van der Waals surface area contributed by atoms with Crippen molar-refractivity contribution in [2.24, 2.45) is 0 Å². The van der Waals surface area contributed by atoms with Gasteiger partial charge in [0.15, 0.2) is 0 Å². The second-order valence-corrected chi connectivity index (χ2v) is 10.5. The molecule has 4 aromatic rings. The summed E-state index contributed by atoms with van der Waals surface area (Å²) in [6.07, 6.45) is 6.38. The molecule has 2 heterocycles. The van der Waals surface area contributed by atoms with Crippen LogP contribution in [0, 0.1) is 0 Å². The van der Waals surface area contributed by atoms with Gasteiger partial charge in [-0.15, -0.1) is 11.3 Å². The fourth-order valence-corrected chi connectivity index (χ4v) is 5.74. The average molecular weight is 489 g/mol. The minimum Gasteiger partial charge on any atom is -0.396 e. The Hall–Kier alpha value is -2.87. The minimum atomic E-state index is -0.183. The first kappa shape index (κ1) is 23.9. The molecule has 0 radical (unpaired) electrons. The number of aliphatic hydroxyl groups excluding tert-OH is 2. The lowest BCUT2D eigenvalue weighted by atomic mass is 9.93. The lowest BCUT2D eigenvalue weighted by molar-refractivity contribution is 0.126. The first-order valence-corrected chi connectivity index (χ1v) is 13.3. The Morgan fingerprint density at radius 2 is 1.63 bits per heavy atom. The number of nitrogens with one attached hydrogen (secondary N) is 1. The fourth-order valence-electron chi connectivity index (χ4n) is 4.69. The number of thiazole rings is 1. The third kappa shape index (κ3) is 6.42. The maximum absolute atomic E-state index is 9.85. The number of anilines is 1. The summed E-state index contributed by atoms with van der Waals surface area (Å²) < 4.78 is 1.17. The molecule has 0 amide bonds. The zero-order chi connectivity index (χ0) is 24.0. The van der Waals surface area contributed by atoms with Gasteiger partial charge in [-0.25, -0.2) is 15.0 Å². The molecule has 0 spiro atoms. The molecule has 0 unspecified atom stereocenters. The van der Waals surface area contributed by atoms with Crippen LogP contribution in [0.1, 0.15) is 59.6 Å². The van der Waals surface area contributed by atoms with Crippen molar-refractivity contribution in [2.75, 3.05) is 11.9 Å². The molecule has 1 aliphatic carbocycles. The van der Waals surface area contributed by atoms with Crippen molar-refractivity contribution in [3.05, 3.63) is 82.1 Å². The molecule has 0 saturated heterocycles. The third-order valence-electron chi connectivity index (χ3n) is 6.54. The number of hydrogen-bond donors (Lipinski definition) is 3. The predicted octanol–water partition coefficient (Wildman–Crippen LogP) is 4.91. The number of rotatable bonds is 9. The molecule has 2 aromatic carbocycles. The van der Waals surface area contributed by atoms with E-state index in [1.165, 1.54) is 15.8 Å². The topological polar surface area (TPSA) is 91.2 Å². The van der Waals surface area contributed by atoms with Crippen molar-refractivity contribution in [1.82, 2.24) is 15.0 Å². The Morgan fingerprint density at radius 3 is 2.40 bits per heavy atom. The molecule has 1 fully saturated rings.